The molecule has 8 nitrogen and oxygen atoms in total. The van der Waals surface area contributed by atoms with Crippen LogP contribution in [0.5, 0.6) is 11.5 Å². The number of hydrogen-bond donors (Lipinski definition) is 2. The minimum atomic E-state index is -0.382. The van der Waals surface area contributed by atoms with Gasteiger partial charge in [-0.3, -0.25) is 9.59 Å². The Labute approximate surface area is 218 Å². The number of methoxy groups -OCH3 is 1. The van der Waals surface area contributed by atoms with Crippen molar-refractivity contribution in [1.82, 2.24) is 5.43 Å². The molecule has 3 aromatic rings. The Morgan fingerprint density at radius 3 is 2.53 bits per heavy atom. The third kappa shape index (κ3) is 7.68. The molecule has 9 heteroatoms. The van der Waals surface area contributed by atoms with E-state index in [1.54, 1.807) is 24.3 Å². The summed E-state index contributed by atoms with van der Waals surface area (Å²) in [5.74, 6) is 0.303. The van der Waals surface area contributed by atoms with E-state index in [4.69, 9.17) is 9.47 Å². The molecule has 2 N–H and O–H groups in total. The van der Waals surface area contributed by atoms with Gasteiger partial charge in [0.25, 0.3) is 0 Å². The van der Waals surface area contributed by atoms with Crippen LogP contribution >= 0.6 is 15.9 Å². The second-order valence-electron chi connectivity index (χ2n) is 7.80. The van der Waals surface area contributed by atoms with Crippen LogP contribution in [0.4, 0.5) is 5.69 Å². The van der Waals surface area contributed by atoms with Crippen molar-refractivity contribution in [3.63, 3.8) is 0 Å². The molecule has 0 fully saturated rings. The van der Waals surface area contributed by atoms with E-state index in [-0.39, 0.29) is 31.3 Å². The Bertz CT molecular complexity index is 1300. The molecule has 0 spiro atoms. The second-order valence-corrected chi connectivity index (χ2v) is 8.65. The molecule has 0 saturated carbocycles. The lowest BCUT2D eigenvalue weighted by molar-refractivity contribution is -0.124. The Balaban J connectivity index is 1.53. The number of benzene rings is 3. The summed E-state index contributed by atoms with van der Waals surface area (Å²) in [6, 6.07) is 20.2. The number of halogens is 1. The molecule has 184 valence electrons. The summed E-state index contributed by atoms with van der Waals surface area (Å²) < 4.78 is 12.0. The summed E-state index contributed by atoms with van der Waals surface area (Å²) in [4.78, 5) is 24.1. The Hall–Kier alpha value is -4.16. The highest BCUT2D eigenvalue weighted by Gasteiger charge is 2.13. The standard InChI is InChI=1S/C27H25BrN4O4/c1-18-7-9-22(10-8-18)31-25(33)11-12-26(34)32-30-16-19-13-23(28)27(24(14-19)35-2)36-17-21-6-4-3-5-20(21)15-29/h3-10,13-14,16H,11-12,17H2,1-2H3,(H,31,33)(H,32,34). The monoisotopic (exact) mass is 548 g/mol. The lowest BCUT2D eigenvalue weighted by Crippen LogP contribution is -2.20. The Morgan fingerprint density at radius 2 is 1.81 bits per heavy atom. The van der Waals surface area contributed by atoms with Crippen molar-refractivity contribution in [2.24, 2.45) is 5.10 Å². The number of aryl methyl sites for hydroxylation is 1. The van der Waals surface area contributed by atoms with E-state index in [2.05, 4.69) is 37.8 Å². The SMILES string of the molecule is COc1cc(C=NNC(=O)CCC(=O)Nc2ccc(C)cc2)cc(Br)c1OCc1ccccc1C#N. The fourth-order valence-electron chi connectivity index (χ4n) is 3.18. The van der Waals surface area contributed by atoms with Crippen LogP contribution in [0.3, 0.4) is 0 Å². The highest BCUT2D eigenvalue weighted by molar-refractivity contribution is 9.10. The summed E-state index contributed by atoms with van der Waals surface area (Å²) in [6.07, 6.45) is 1.50. The van der Waals surface area contributed by atoms with E-state index in [1.165, 1.54) is 13.3 Å². The third-order valence-corrected chi connectivity index (χ3v) is 5.67. The number of carbonyl (C=O) groups is 2. The first kappa shape index (κ1) is 26.4. The smallest absolute Gasteiger partial charge is 0.240 e. The van der Waals surface area contributed by atoms with E-state index in [0.29, 0.717) is 32.8 Å². The molecule has 0 heterocycles. The maximum absolute atomic E-state index is 12.1. The van der Waals surface area contributed by atoms with Crippen LogP contribution in [-0.4, -0.2) is 25.1 Å². The van der Waals surface area contributed by atoms with Crippen molar-refractivity contribution in [1.29, 1.82) is 5.26 Å². The molecule has 0 aliphatic carbocycles. The van der Waals surface area contributed by atoms with E-state index in [9.17, 15) is 14.9 Å². The maximum atomic E-state index is 12.1. The average molecular weight is 549 g/mol. The molecule has 0 aliphatic rings. The van der Waals surface area contributed by atoms with Gasteiger partial charge < -0.3 is 14.8 Å². The van der Waals surface area contributed by atoms with Gasteiger partial charge in [-0.2, -0.15) is 10.4 Å². The van der Waals surface area contributed by atoms with Gasteiger partial charge in [-0.05, 0) is 58.7 Å². The lowest BCUT2D eigenvalue weighted by Gasteiger charge is -2.14. The Morgan fingerprint density at radius 1 is 1.08 bits per heavy atom. The molecule has 0 bridgehead atoms. The first-order valence-electron chi connectivity index (χ1n) is 11.1. The molecule has 0 radical (unpaired) electrons. The molecule has 0 atom stereocenters. The summed E-state index contributed by atoms with van der Waals surface area (Å²) in [7, 11) is 1.52. The number of anilines is 1. The number of nitrogens with zero attached hydrogens (tertiary/aromatic N) is 2. The molecule has 36 heavy (non-hydrogen) atoms. The van der Waals surface area contributed by atoms with Crippen LogP contribution in [-0.2, 0) is 16.2 Å². The largest absolute Gasteiger partial charge is 0.493 e. The van der Waals surface area contributed by atoms with Crippen LogP contribution in [0.1, 0.15) is 35.1 Å². The zero-order valence-corrected chi connectivity index (χ0v) is 21.5. The predicted molar refractivity (Wildman–Crippen MR) is 141 cm³/mol. The normalized spacial score (nSPS) is 10.5. The highest BCUT2D eigenvalue weighted by Crippen LogP contribution is 2.37. The van der Waals surface area contributed by atoms with E-state index in [1.807, 2.05) is 43.3 Å². The highest BCUT2D eigenvalue weighted by atomic mass is 79.9. The molecule has 3 rings (SSSR count). The number of amides is 2. The van der Waals surface area contributed by atoms with Crippen LogP contribution in [0.15, 0.2) is 70.2 Å². The van der Waals surface area contributed by atoms with Gasteiger partial charge in [0.15, 0.2) is 11.5 Å². The van der Waals surface area contributed by atoms with Crippen molar-refractivity contribution in [2.45, 2.75) is 26.4 Å². The minimum absolute atomic E-state index is 0.000993. The zero-order valence-electron chi connectivity index (χ0n) is 19.9. The molecule has 2 amide bonds. The summed E-state index contributed by atoms with van der Waals surface area (Å²) in [5.41, 5.74) is 6.16. The predicted octanol–water partition coefficient (Wildman–Crippen LogP) is 5.09. The van der Waals surface area contributed by atoms with Gasteiger partial charge in [0.2, 0.25) is 11.8 Å². The van der Waals surface area contributed by atoms with Gasteiger partial charge in [0.05, 0.1) is 29.4 Å². The second kappa shape index (κ2) is 13.1. The van der Waals surface area contributed by atoms with Crippen LogP contribution in [0, 0.1) is 18.3 Å². The molecular weight excluding hydrogens is 524 g/mol. The van der Waals surface area contributed by atoms with Crippen LogP contribution in [0.2, 0.25) is 0 Å². The number of carbonyl (C=O) groups excluding carboxylic acids is 2. The summed E-state index contributed by atoms with van der Waals surface area (Å²) >= 11 is 3.48. The van der Waals surface area contributed by atoms with Gasteiger partial charge in [0, 0.05) is 24.1 Å². The van der Waals surface area contributed by atoms with Crippen molar-refractivity contribution < 1.29 is 19.1 Å². The third-order valence-electron chi connectivity index (χ3n) is 5.08. The van der Waals surface area contributed by atoms with E-state index < -0.39 is 0 Å². The molecule has 3 aromatic carbocycles. The van der Waals surface area contributed by atoms with Gasteiger partial charge in [-0.15, -0.1) is 0 Å². The van der Waals surface area contributed by atoms with Crippen molar-refractivity contribution in [3.05, 3.63) is 87.4 Å². The number of hydrazone groups is 1. The molecular formula is C27H25BrN4O4. The van der Waals surface area contributed by atoms with Crippen LogP contribution < -0.4 is 20.2 Å². The molecule has 0 saturated heterocycles. The maximum Gasteiger partial charge on any atom is 0.240 e. The number of hydrogen-bond acceptors (Lipinski definition) is 6. The van der Waals surface area contributed by atoms with Crippen LogP contribution in [0.25, 0.3) is 0 Å². The number of rotatable bonds is 10. The van der Waals surface area contributed by atoms with Gasteiger partial charge >= 0.3 is 0 Å². The summed E-state index contributed by atoms with van der Waals surface area (Å²) in [6.45, 7) is 2.16. The molecule has 0 aromatic heterocycles. The van der Waals surface area contributed by atoms with E-state index >= 15 is 0 Å². The summed E-state index contributed by atoms with van der Waals surface area (Å²) in [5, 5.41) is 16.0. The molecule has 0 aliphatic heterocycles. The Kier molecular flexibility index (Phi) is 9.60. The first-order valence-corrected chi connectivity index (χ1v) is 11.9. The fourth-order valence-corrected chi connectivity index (χ4v) is 3.76. The number of nitriles is 1. The van der Waals surface area contributed by atoms with Gasteiger partial charge in [-0.1, -0.05) is 35.9 Å². The first-order chi connectivity index (χ1) is 17.4. The van der Waals surface area contributed by atoms with Crippen molar-refractivity contribution >= 4 is 39.6 Å². The van der Waals surface area contributed by atoms with Crippen molar-refractivity contribution in [3.8, 4) is 17.6 Å². The van der Waals surface area contributed by atoms with Crippen molar-refractivity contribution in [2.75, 3.05) is 12.4 Å². The minimum Gasteiger partial charge on any atom is -0.493 e. The van der Waals surface area contributed by atoms with Gasteiger partial charge in [0.1, 0.15) is 6.61 Å². The van der Waals surface area contributed by atoms with Gasteiger partial charge in [-0.25, -0.2) is 5.43 Å². The molecule has 0 unspecified atom stereocenters. The number of nitrogens with one attached hydrogen (secondary N) is 2. The van der Waals surface area contributed by atoms with E-state index in [0.717, 1.165) is 11.1 Å². The quantitative estimate of drug-likeness (QED) is 0.270. The average Bonchev–Trinajstić information content (AvgIpc) is 2.88. The zero-order chi connectivity index (χ0) is 25.9. The fraction of sp³-hybridized carbons (Fsp3) is 0.185. The topological polar surface area (TPSA) is 113 Å². The lowest BCUT2D eigenvalue weighted by atomic mass is 10.1. The number of ether oxygens (including phenoxy) is 2.